The maximum absolute atomic E-state index is 11.7. The lowest BCUT2D eigenvalue weighted by Gasteiger charge is -2.17. The van der Waals surface area contributed by atoms with Crippen molar-refractivity contribution >= 4 is 23.5 Å². The Kier molecular flexibility index (Phi) is 8.77. The molecule has 41 heavy (non-hydrogen) atoms. The number of nitrogens with zero attached hydrogens (tertiary/aromatic N) is 4. The Balaban J connectivity index is 1.61. The molecule has 2 aromatic heterocycles. The minimum atomic E-state index is -0.773. The largest absolute Gasteiger partial charge is 0.465 e. The summed E-state index contributed by atoms with van der Waals surface area (Å²) in [4.78, 5) is 20.7. The van der Waals surface area contributed by atoms with Gasteiger partial charge in [-0.1, -0.05) is 36.0 Å². The molecule has 0 spiro atoms. The van der Waals surface area contributed by atoms with Gasteiger partial charge in [-0.15, -0.1) is 0 Å². The van der Waals surface area contributed by atoms with E-state index in [9.17, 15) is 20.4 Å². The van der Waals surface area contributed by atoms with Crippen molar-refractivity contribution in [2.24, 2.45) is 0 Å². The van der Waals surface area contributed by atoms with E-state index in [2.05, 4.69) is 22.1 Å². The average molecular weight is 568 g/mol. The number of anilines is 1. The number of thioether (sulfide) groups is 1. The third kappa shape index (κ3) is 6.75. The zero-order chi connectivity index (χ0) is 29.7. The van der Waals surface area contributed by atoms with E-state index in [0.29, 0.717) is 63.2 Å². The zero-order valence-electron chi connectivity index (χ0n) is 23.2. The predicted octanol–water partition coefficient (Wildman–Crippen LogP) is 5.82. The first kappa shape index (κ1) is 29.3. The zero-order valence-corrected chi connectivity index (χ0v) is 24.0. The summed E-state index contributed by atoms with van der Waals surface area (Å²) >= 11 is 1.28. The molecule has 0 saturated heterocycles. The van der Waals surface area contributed by atoms with Gasteiger partial charge in [-0.2, -0.15) is 10.5 Å². The number of carbonyl (C=O) groups excluding carboxylic acids is 1. The molecule has 4 rings (SSSR count). The summed E-state index contributed by atoms with van der Waals surface area (Å²) in [5.41, 5.74) is 9.73. The predicted molar refractivity (Wildman–Crippen MR) is 156 cm³/mol. The van der Waals surface area contributed by atoms with Gasteiger partial charge >= 0.3 is 5.97 Å². The molecule has 2 aromatic carbocycles. The highest BCUT2D eigenvalue weighted by molar-refractivity contribution is 7.98. The van der Waals surface area contributed by atoms with Crippen LogP contribution in [-0.4, -0.2) is 33.8 Å². The van der Waals surface area contributed by atoms with E-state index in [1.54, 1.807) is 45.0 Å². The number of carbonyl (C=O) groups is 1. The molecule has 0 aliphatic heterocycles. The molecule has 0 saturated carbocycles. The van der Waals surface area contributed by atoms with Gasteiger partial charge in [-0.05, 0) is 69.0 Å². The number of rotatable bonds is 9. The number of aromatic nitrogens is 2. The van der Waals surface area contributed by atoms with Gasteiger partial charge in [0, 0.05) is 16.9 Å². The number of methoxy groups -OCH3 is 1. The second kappa shape index (κ2) is 12.3. The van der Waals surface area contributed by atoms with Crippen LogP contribution in [0, 0.1) is 29.6 Å². The lowest BCUT2D eigenvalue weighted by Crippen LogP contribution is -2.19. The number of nitrogen functional groups attached to an aromatic ring is 1. The van der Waals surface area contributed by atoms with Crippen LogP contribution in [0.25, 0.3) is 22.6 Å². The van der Waals surface area contributed by atoms with Crippen molar-refractivity contribution in [3.63, 3.8) is 0 Å². The highest BCUT2D eigenvalue weighted by Gasteiger charge is 2.22. The molecule has 208 valence electrons. The van der Waals surface area contributed by atoms with E-state index in [4.69, 9.17) is 14.9 Å². The van der Waals surface area contributed by atoms with Crippen LogP contribution in [0.1, 0.15) is 58.8 Å². The number of oxazole rings is 1. The Hall–Kier alpha value is -4.64. The molecule has 0 fully saturated rings. The van der Waals surface area contributed by atoms with Crippen molar-refractivity contribution in [1.82, 2.24) is 9.97 Å². The summed E-state index contributed by atoms with van der Waals surface area (Å²) in [7, 11) is 1.33. The molecule has 0 amide bonds. The molecule has 3 N–H and O–H groups in total. The fraction of sp³-hybridized carbons (Fsp3) is 0.258. The third-order valence-corrected chi connectivity index (χ3v) is 7.46. The summed E-state index contributed by atoms with van der Waals surface area (Å²) in [5.74, 6) is 0.955. The number of nitriles is 2. The fourth-order valence-electron chi connectivity index (χ4n) is 4.17. The van der Waals surface area contributed by atoms with Gasteiger partial charge in [0.25, 0.3) is 0 Å². The minimum Gasteiger partial charge on any atom is -0.465 e. The van der Waals surface area contributed by atoms with Crippen LogP contribution in [0.15, 0.2) is 58.0 Å². The lowest BCUT2D eigenvalue weighted by atomic mass is 9.94. The van der Waals surface area contributed by atoms with E-state index < -0.39 is 11.6 Å². The number of esters is 1. The monoisotopic (exact) mass is 567 g/mol. The van der Waals surface area contributed by atoms with E-state index >= 15 is 0 Å². The number of aryl methyl sites for hydroxylation is 2. The maximum atomic E-state index is 11.7. The molecule has 9 nitrogen and oxygen atoms in total. The number of benzene rings is 2. The van der Waals surface area contributed by atoms with Crippen LogP contribution in [0.4, 0.5) is 5.82 Å². The summed E-state index contributed by atoms with van der Waals surface area (Å²) in [5, 5.41) is 30.4. The second-order valence-corrected chi connectivity index (χ2v) is 11.0. The average Bonchev–Trinajstić information content (AvgIpc) is 3.34. The Morgan fingerprint density at radius 3 is 2.27 bits per heavy atom. The first-order chi connectivity index (χ1) is 19.5. The Labute approximate surface area is 242 Å². The normalized spacial score (nSPS) is 11.1. The van der Waals surface area contributed by atoms with Gasteiger partial charge < -0.3 is 20.0 Å². The van der Waals surface area contributed by atoms with Crippen LogP contribution in [0.5, 0.6) is 0 Å². The SMILES string of the molecule is COC(=O)c1ccc(-c2nc(CSc3nc(N)c(C#N)c(-c4ccc(CCC(C)(C)O)cc4)c3C#N)c(C)o2)cc1. The number of hydrogen-bond acceptors (Lipinski definition) is 10. The van der Waals surface area contributed by atoms with E-state index in [1.165, 1.54) is 18.9 Å². The maximum Gasteiger partial charge on any atom is 0.337 e. The Morgan fingerprint density at radius 2 is 1.68 bits per heavy atom. The molecular weight excluding hydrogens is 538 g/mol. The first-order valence-electron chi connectivity index (χ1n) is 12.8. The number of nitrogens with two attached hydrogens (primary N) is 1. The molecule has 4 aromatic rings. The summed E-state index contributed by atoms with van der Waals surface area (Å²) < 4.78 is 10.6. The van der Waals surface area contributed by atoms with Gasteiger partial charge in [0.15, 0.2) is 0 Å². The molecule has 0 bridgehead atoms. The Morgan fingerprint density at radius 1 is 1.05 bits per heavy atom. The van der Waals surface area contributed by atoms with Crippen molar-refractivity contribution in [2.75, 3.05) is 12.8 Å². The van der Waals surface area contributed by atoms with E-state index in [0.717, 1.165) is 5.56 Å². The molecule has 0 aliphatic carbocycles. The lowest BCUT2D eigenvalue weighted by molar-refractivity contribution is 0.0600. The fourth-order valence-corrected chi connectivity index (χ4v) is 5.16. The van der Waals surface area contributed by atoms with Crippen molar-refractivity contribution in [3.05, 3.63) is 82.2 Å². The van der Waals surface area contributed by atoms with Gasteiger partial charge in [-0.3, -0.25) is 0 Å². The van der Waals surface area contributed by atoms with Crippen LogP contribution in [-0.2, 0) is 16.9 Å². The van der Waals surface area contributed by atoms with E-state index in [-0.39, 0.29) is 16.9 Å². The number of ether oxygens (including phenoxy) is 1. The number of aliphatic hydroxyl groups is 1. The van der Waals surface area contributed by atoms with Gasteiger partial charge in [0.05, 0.1) is 29.5 Å². The minimum absolute atomic E-state index is 0.0402. The quantitative estimate of drug-likeness (QED) is 0.186. The Bertz CT molecular complexity index is 1660. The van der Waals surface area contributed by atoms with Gasteiger partial charge in [0.2, 0.25) is 5.89 Å². The highest BCUT2D eigenvalue weighted by Crippen LogP contribution is 2.37. The van der Waals surface area contributed by atoms with Gasteiger partial charge in [-0.25, -0.2) is 14.8 Å². The van der Waals surface area contributed by atoms with Crippen LogP contribution >= 0.6 is 11.8 Å². The standard InChI is InChI=1S/C31H29N5O4S/c1-18-25(35-28(40-18)21-9-11-22(12-10-21)30(37)39-4)17-41-29-24(16-33)26(23(15-32)27(34)36-29)20-7-5-19(6-8-20)13-14-31(2,3)38/h5-12,38H,13-14,17H2,1-4H3,(H2,34,36). The smallest absolute Gasteiger partial charge is 0.337 e. The number of pyridine rings is 1. The van der Waals surface area contributed by atoms with Crippen molar-refractivity contribution in [2.45, 2.75) is 50.0 Å². The molecular formula is C31H29N5O4S. The van der Waals surface area contributed by atoms with Crippen LogP contribution < -0.4 is 5.73 Å². The molecule has 0 unspecified atom stereocenters. The van der Waals surface area contributed by atoms with Crippen LogP contribution in [0.3, 0.4) is 0 Å². The van der Waals surface area contributed by atoms with Gasteiger partial charge in [0.1, 0.15) is 34.3 Å². The molecule has 0 radical (unpaired) electrons. The van der Waals surface area contributed by atoms with E-state index in [1.807, 2.05) is 24.3 Å². The number of hydrogen-bond donors (Lipinski definition) is 2. The first-order valence-corrected chi connectivity index (χ1v) is 13.8. The second-order valence-electron chi connectivity index (χ2n) is 10.0. The third-order valence-electron chi connectivity index (χ3n) is 6.47. The molecule has 0 atom stereocenters. The molecule has 2 heterocycles. The van der Waals surface area contributed by atoms with Crippen molar-refractivity contribution in [3.8, 4) is 34.7 Å². The summed E-state index contributed by atoms with van der Waals surface area (Å²) in [6.45, 7) is 5.33. The topological polar surface area (TPSA) is 159 Å². The van der Waals surface area contributed by atoms with Crippen molar-refractivity contribution < 1.29 is 19.1 Å². The summed E-state index contributed by atoms with van der Waals surface area (Å²) in [6.07, 6.45) is 1.29. The highest BCUT2D eigenvalue weighted by atomic mass is 32.2. The van der Waals surface area contributed by atoms with Crippen LogP contribution in [0.2, 0.25) is 0 Å². The van der Waals surface area contributed by atoms with Crippen molar-refractivity contribution in [1.29, 1.82) is 10.5 Å². The molecule has 0 aliphatic rings. The molecule has 10 heteroatoms. The summed E-state index contributed by atoms with van der Waals surface area (Å²) in [6, 6.07) is 18.6.